The lowest BCUT2D eigenvalue weighted by atomic mass is 10.0. The summed E-state index contributed by atoms with van der Waals surface area (Å²) in [5, 5.41) is 6.92. The Balaban J connectivity index is 1.81. The van der Waals surface area contributed by atoms with E-state index < -0.39 is 6.09 Å². The first kappa shape index (κ1) is 19.6. The molecular formula is C21H14Cl2N2O3. The Kier molecular flexibility index (Phi) is 6.42. The summed E-state index contributed by atoms with van der Waals surface area (Å²) < 4.78 is 0. The zero-order chi connectivity index (χ0) is 19.9. The van der Waals surface area contributed by atoms with Gasteiger partial charge in [-0.3, -0.25) is 14.9 Å². The average molecular weight is 413 g/mol. The molecule has 0 saturated heterocycles. The lowest BCUT2D eigenvalue weighted by Gasteiger charge is -2.07. The molecule has 28 heavy (non-hydrogen) atoms. The molecule has 0 fully saturated rings. The van der Waals surface area contributed by atoms with E-state index in [0.717, 1.165) is 0 Å². The lowest BCUT2D eigenvalue weighted by Crippen LogP contribution is -2.19. The van der Waals surface area contributed by atoms with E-state index in [0.29, 0.717) is 21.8 Å². The van der Waals surface area contributed by atoms with E-state index in [1.165, 1.54) is 12.1 Å². The van der Waals surface area contributed by atoms with Crippen LogP contribution in [0.25, 0.3) is 0 Å². The maximum atomic E-state index is 12.8. The summed E-state index contributed by atoms with van der Waals surface area (Å²) in [5.41, 5.74) is 1.35. The number of carbonyl (C=O) groups is 2. The zero-order valence-corrected chi connectivity index (χ0v) is 15.9. The second-order valence-corrected chi connectivity index (χ2v) is 6.45. The highest BCUT2D eigenvalue weighted by atomic mass is 35.5. The molecule has 0 aromatic heterocycles. The Morgan fingerprint density at radius 1 is 0.786 bits per heavy atom. The van der Waals surface area contributed by atoms with E-state index in [1.807, 2.05) is 6.07 Å². The Labute approximate surface area is 171 Å². The van der Waals surface area contributed by atoms with E-state index in [1.54, 1.807) is 60.7 Å². The van der Waals surface area contributed by atoms with Gasteiger partial charge in [0.2, 0.25) is 5.78 Å². The summed E-state index contributed by atoms with van der Waals surface area (Å²) in [6.45, 7) is 0. The number of halogens is 2. The van der Waals surface area contributed by atoms with Crippen molar-refractivity contribution in [2.75, 3.05) is 5.32 Å². The molecular weight excluding hydrogens is 399 g/mol. The number of amides is 1. The molecule has 7 heteroatoms. The third kappa shape index (κ3) is 4.97. The number of benzene rings is 3. The maximum Gasteiger partial charge on any atom is 0.437 e. The fourth-order valence-electron chi connectivity index (χ4n) is 2.35. The lowest BCUT2D eigenvalue weighted by molar-refractivity contribution is 0.106. The van der Waals surface area contributed by atoms with E-state index in [4.69, 9.17) is 28.0 Å². The fourth-order valence-corrected chi connectivity index (χ4v) is 2.65. The summed E-state index contributed by atoms with van der Waals surface area (Å²) in [7, 11) is 0. The highest BCUT2D eigenvalue weighted by molar-refractivity contribution is 6.51. The fraction of sp³-hybridized carbons (Fsp3) is 0. The minimum absolute atomic E-state index is 0.0103. The predicted octanol–water partition coefficient (Wildman–Crippen LogP) is 5.83. The van der Waals surface area contributed by atoms with Crippen molar-refractivity contribution in [1.29, 1.82) is 0 Å². The van der Waals surface area contributed by atoms with Gasteiger partial charge in [-0.2, -0.15) is 0 Å². The monoisotopic (exact) mass is 412 g/mol. The minimum atomic E-state index is -0.868. The molecule has 1 amide bonds. The van der Waals surface area contributed by atoms with E-state index in [9.17, 15) is 9.59 Å². The molecule has 140 valence electrons. The van der Waals surface area contributed by atoms with Crippen LogP contribution >= 0.6 is 23.2 Å². The highest BCUT2D eigenvalue weighted by Gasteiger charge is 2.18. The van der Waals surface area contributed by atoms with Crippen LogP contribution in [0.4, 0.5) is 10.5 Å². The normalized spacial score (nSPS) is 11.0. The highest BCUT2D eigenvalue weighted by Crippen LogP contribution is 2.25. The van der Waals surface area contributed by atoms with Crippen LogP contribution in [-0.2, 0) is 4.84 Å². The Hall–Kier alpha value is -3.15. The van der Waals surface area contributed by atoms with Gasteiger partial charge in [0.25, 0.3) is 0 Å². The van der Waals surface area contributed by atoms with Gasteiger partial charge in [0.05, 0.1) is 10.0 Å². The van der Waals surface area contributed by atoms with Crippen molar-refractivity contribution in [3.05, 3.63) is 100 Å². The van der Waals surface area contributed by atoms with Crippen molar-refractivity contribution in [3.63, 3.8) is 0 Å². The largest absolute Gasteiger partial charge is 0.437 e. The van der Waals surface area contributed by atoms with E-state index in [-0.39, 0.29) is 16.5 Å². The van der Waals surface area contributed by atoms with Crippen LogP contribution in [0, 0.1) is 0 Å². The predicted molar refractivity (Wildman–Crippen MR) is 110 cm³/mol. The quantitative estimate of drug-likeness (QED) is 0.248. The summed E-state index contributed by atoms with van der Waals surface area (Å²) in [5.74, 6) is -0.367. The third-order valence-corrected chi connectivity index (χ3v) is 4.42. The number of ketones is 1. The first-order valence-electron chi connectivity index (χ1n) is 8.21. The van der Waals surface area contributed by atoms with Crippen molar-refractivity contribution in [2.45, 2.75) is 0 Å². The number of Topliss-reactive ketones (excluding diaryl/α,β-unsaturated/α-hetero) is 1. The van der Waals surface area contributed by atoms with Gasteiger partial charge in [-0.15, -0.1) is 0 Å². The summed E-state index contributed by atoms with van der Waals surface area (Å²) in [4.78, 5) is 29.8. The van der Waals surface area contributed by atoms with Gasteiger partial charge in [-0.05, 0) is 18.2 Å². The smallest absolute Gasteiger partial charge is 0.297 e. The number of nitrogens with zero attached hydrogens (tertiary/aromatic N) is 1. The molecule has 0 heterocycles. The summed E-state index contributed by atoms with van der Waals surface area (Å²) in [6, 6.07) is 21.9. The van der Waals surface area contributed by atoms with Crippen molar-refractivity contribution < 1.29 is 14.4 Å². The molecule has 0 aliphatic heterocycles. The topological polar surface area (TPSA) is 67.8 Å². The van der Waals surface area contributed by atoms with E-state index >= 15 is 0 Å². The van der Waals surface area contributed by atoms with Crippen molar-refractivity contribution in [2.24, 2.45) is 5.16 Å². The number of oxime groups is 1. The van der Waals surface area contributed by atoms with Gasteiger partial charge >= 0.3 is 6.09 Å². The summed E-state index contributed by atoms with van der Waals surface area (Å²) in [6.07, 6.45) is -0.868. The molecule has 3 aromatic carbocycles. The zero-order valence-electron chi connectivity index (χ0n) is 14.4. The van der Waals surface area contributed by atoms with Crippen LogP contribution in [0.2, 0.25) is 10.0 Å². The van der Waals surface area contributed by atoms with Gasteiger partial charge in [0.15, 0.2) is 5.71 Å². The van der Waals surface area contributed by atoms with E-state index in [2.05, 4.69) is 10.5 Å². The molecule has 0 atom stereocenters. The van der Waals surface area contributed by atoms with Crippen LogP contribution in [0.1, 0.15) is 15.9 Å². The van der Waals surface area contributed by atoms with Crippen LogP contribution in [-0.4, -0.2) is 17.6 Å². The number of carbonyl (C=O) groups excluding carboxylic acids is 2. The van der Waals surface area contributed by atoms with Gasteiger partial charge in [-0.1, -0.05) is 89.0 Å². The molecule has 0 bridgehead atoms. The second kappa shape index (κ2) is 9.17. The number of hydrogen-bond acceptors (Lipinski definition) is 4. The SMILES string of the molecule is O=C(Nc1ccc(Cl)c(Cl)c1)O/N=C(/C(=O)c1ccccc1)c1ccccc1. The van der Waals surface area contributed by atoms with Crippen LogP contribution < -0.4 is 5.32 Å². The number of rotatable bonds is 5. The molecule has 0 aliphatic rings. The molecule has 5 nitrogen and oxygen atoms in total. The average Bonchev–Trinajstić information content (AvgIpc) is 2.72. The summed E-state index contributed by atoms with van der Waals surface area (Å²) >= 11 is 11.8. The molecule has 0 radical (unpaired) electrons. The molecule has 0 spiro atoms. The Morgan fingerprint density at radius 3 is 2.00 bits per heavy atom. The molecule has 0 unspecified atom stereocenters. The van der Waals surface area contributed by atoms with Gasteiger partial charge in [0.1, 0.15) is 0 Å². The first-order valence-corrected chi connectivity index (χ1v) is 8.96. The number of hydrogen-bond donors (Lipinski definition) is 1. The minimum Gasteiger partial charge on any atom is -0.297 e. The third-order valence-electron chi connectivity index (χ3n) is 3.68. The molecule has 0 aliphatic carbocycles. The van der Waals surface area contributed by atoms with Crippen LogP contribution in [0.15, 0.2) is 84.0 Å². The van der Waals surface area contributed by atoms with Crippen molar-refractivity contribution >= 4 is 46.5 Å². The molecule has 3 aromatic rings. The Morgan fingerprint density at radius 2 is 1.39 bits per heavy atom. The van der Waals surface area contributed by atoms with Crippen LogP contribution in [0.3, 0.4) is 0 Å². The van der Waals surface area contributed by atoms with Gasteiger partial charge in [-0.25, -0.2) is 4.79 Å². The number of anilines is 1. The second-order valence-electron chi connectivity index (χ2n) is 5.63. The first-order chi connectivity index (χ1) is 13.5. The standard InChI is InChI=1S/C21H14Cl2N2O3/c22-17-12-11-16(13-18(17)23)24-21(27)28-25-19(14-7-3-1-4-8-14)20(26)15-9-5-2-6-10-15/h1-13H,(H,24,27)/b25-19+. The molecule has 3 rings (SSSR count). The number of nitrogens with one attached hydrogen (secondary N) is 1. The van der Waals surface area contributed by atoms with Crippen molar-refractivity contribution in [3.8, 4) is 0 Å². The molecule has 0 saturated carbocycles. The van der Waals surface area contributed by atoms with Gasteiger partial charge in [0, 0.05) is 16.8 Å². The van der Waals surface area contributed by atoms with Gasteiger partial charge < -0.3 is 0 Å². The molecule has 1 N–H and O–H groups in total. The Bertz CT molecular complexity index is 1020. The van der Waals surface area contributed by atoms with Crippen LogP contribution in [0.5, 0.6) is 0 Å². The van der Waals surface area contributed by atoms with Crippen molar-refractivity contribution in [1.82, 2.24) is 0 Å². The maximum absolute atomic E-state index is 12.8.